The number of methoxy groups -OCH3 is 1. The van der Waals surface area contributed by atoms with Crippen molar-refractivity contribution in [1.82, 2.24) is 4.98 Å². The molecule has 0 atom stereocenters. The fraction of sp³-hybridized carbons (Fsp3) is 0.154. The molecule has 2 rings (SSSR count). The van der Waals surface area contributed by atoms with Gasteiger partial charge in [0.1, 0.15) is 11.4 Å². The molecule has 0 aliphatic rings. The molecular weight excluding hydrogens is 351 g/mol. The van der Waals surface area contributed by atoms with Gasteiger partial charge in [-0.15, -0.1) is 0 Å². The Morgan fingerprint density at radius 1 is 1.17 bits per heavy atom. The molecule has 0 N–H and O–H groups in total. The molecule has 0 aliphatic heterocycles. The summed E-state index contributed by atoms with van der Waals surface area (Å²) in [6.07, 6.45) is -1.16. The third-order valence-corrected chi connectivity index (χ3v) is 3.33. The summed E-state index contributed by atoms with van der Waals surface area (Å²) in [5.41, 5.74) is 1.38. The van der Waals surface area contributed by atoms with Crippen LogP contribution >= 0.6 is 22.6 Å². The van der Waals surface area contributed by atoms with Crippen LogP contribution in [0.1, 0.15) is 12.1 Å². The molecule has 1 heterocycles. The number of nitrogens with zero attached hydrogens (tertiary/aromatic N) is 1. The van der Waals surface area contributed by atoms with Crippen molar-refractivity contribution in [2.24, 2.45) is 0 Å². The Labute approximate surface area is 117 Å². The third kappa shape index (κ3) is 2.77. The topological polar surface area (TPSA) is 22.1 Å². The minimum atomic E-state index is -2.55. The van der Waals surface area contributed by atoms with Gasteiger partial charge in [-0.25, -0.2) is 8.78 Å². The van der Waals surface area contributed by atoms with E-state index in [0.717, 1.165) is 20.4 Å². The van der Waals surface area contributed by atoms with E-state index in [9.17, 15) is 8.78 Å². The lowest BCUT2D eigenvalue weighted by molar-refractivity contribution is 0.146. The maximum atomic E-state index is 12.6. The first kappa shape index (κ1) is 13.2. The van der Waals surface area contributed by atoms with Crippen molar-refractivity contribution >= 4 is 22.6 Å². The highest BCUT2D eigenvalue weighted by Crippen LogP contribution is 2.29. The molecule has 0 bridgehead atoms. The van der Waals surface area contributed by atoms with Crippen LogP contribution in [0.3, 0.4) is 0 Å². The number of pyridine rings is 1. The number of hydrogen-bond acceptors (Lipinski definition) is 2. The van der Waals surface area contributed by atoms with Crippen molar-refractivity contribution in [1.29, 1.82) is 0 Å². The average molecular weight is 361 g/mol. The number of aromatic nitrogens is 1. The zero-order chi connectivity index (χ0) is 13.1. The van der Waals surface area contributed by atoms with Gasteiger partial charge in [0.2, 0.25) is 0 Å². The normalized spacial score (nSPS) is 10.7. The summed E-state index contributed by atoms with van der Waals surface area (Å²) < 4.78 is 31.2. The van der Waals surface area contributed by atoms with Crippen LogP contribution < -0.4 is 4.74 Å². The molecule has 18 heavy (non-hydrogen) atoms. The van der Waals surface area contributed by atoms with Gasteiger partial charge in [-0.2, -0.15) is 0 Å². The molecule has 2 aromatic rings. The number of benzene rings is 1. The molecule has 0 amide bonds. The van der Waals surface area contributed by atoms with Crippen molar-refractivity contribution in [3.63, 3.8) is 0 Å². The maximum Gasteiger partial charge on any atom is 0.280 e. The number of rotatable bonds is 3. The minimum absolute atomic E-state index is 0.210. The summed E-state index contributed by atoms with van der Waals surface area (Å²) in [5, 5.41) is 0. The first-order valence-corrected chi connectivity index (χ1v) is 6.27. The summed E-state index contributed by atoms with van der Waals surface area (Å²) in [6, 6.07) is 8.67. The Morgan fingerprint density at radius 3 is 2.50 bits per heavy atom. The van der Waals surface area contributed by atoms with E-state index in [4.69, 9.17) is 4.74 Å². The van der Waals surface area contributed by atoms with Gasteiger partial charge >= 0.3 is 0 Å². The van der Waals surface area contributed by atoms with E-state index in [-0.39, 0.29) is 5.69 Å². The zero-order valence-electron chi connectivity index (χ0n) is 9.53. The molecule has 2 nitrogen and oxygen atoms in total. The summed E-state index contributed by atoms with van der Waals surface area (Å²) in [5.74, 6) is 0.766. The van der Waals surface area contributed by atoms with E-state index in [0.29, 0.717) is 0 Å². The molecule has 0 spiro atoms. The monoisotopic (exact) mass is 361 g/mol. The van der Waals surface area contributed by atoms with Crippen LogP contribution in [0, 0.1) is 3.57 Å². The largest absolute Gasteiger partial charge is 0.496 e. The summed E-state index contributed by atoms with van der Waals surface area (Å²) in [7, 11) is 1.60. The van der Waals surface area contributed by atoms with Crippen LogP contribution in [0.4, 0.5) is 8.78 Å². The smallest absolute Gasteiger partial charge is 0.280 e. The van der Waals surface area contributed by atoms with E-state index in [2.05, 4.69) is 27.6 Å². The Hall–Kier alpha value is -1.24. The lowest BCUT2D eigenvalue weighted by atomic mass is 10.1. The Balaban J connectivity index is 2.42. The van der Waals surface area contributed by atoms with Gasteiger partial charge in [-0.3, -0.25) is 4.98 Å². The molecule has 5 heteroatoms. The van der Waals surface area contributed by atoms with Crippen LogP contribution in [0.25, 0.3) is 11.1 Å². The highest BCUT2D eigenvalue weighted by molar-refractivity contribution is 14.1. The molecule has 0 saturated carbocycles. The number of alkyl halides is 2. The molecule has 94 valence electrons. The van der Waals surface area contributed by atoms with E-state index in [1.54, 1.807) is 13.2 Å². The molecule has 1 aromatic carbocycles. The van der Waals surface area contributed by atoms with Crippen LogP contribution in [0.5, 0.6) is 5.75 Å². The van der Waals surface area contributed by atoms with Crippen molar-refractivity contribution in [3.8, 4) is 16.9 Å². The lowest BCUT2D eigenvalue weighted by Gasteiger charge is -2.07. The van der Waals surface area contributed by atoms with Crippen molar-refractivity contribution in [2.75, 3.05) is 7.11 Å². The quantitative estimate of drug-likeness (QED) is 0.761. The molecular formula is C13H10F2INO. The summed E-state index contributed by atoms with van der Waals surface area (Å²) in [4.78, 5) is 3.64. The number of ether oxygens (including phenoxy) is 1. The van der Waals surface area contributed by atoms with Crippen LogP contribution in [0.15, 0.2) is 36.5 Å². The SMILES string of the molecule is COc1ccc(-c2ccnc(C(F)F)c2)cc1I. The number of halogens is 3. The molecule has 0 saturated heterocycles. The van der Waals surface area contributed by atoms with Crippen molar-refractivity contribution < 1.29 is 13.5 Å². The van der Waals surface area contributed by atoms with Gasteiger partial charge in [0.05, 0.1) is 10.7 Å². The standard InChI is InChI=1S/C13H10F2INO/c1-18-12-3-2-8(6-10(12)16)9-4-5-17-11(7-9)13(14)15/h2-7,13H,1H3. The van der Waals surface area contributed by atoms with E-state index in [1.807, 2.05) is 18.2 Å². The van der Waals surface area contributed by atoms with Gasteiger partial charge < -0.3 is 4.74 Å². The van der Waals surface area contributed by atoms with Gasteiger partial charge in [-0.05, 0) is 58.0 Å². The molecule has 1 aromatic heterocycles. The van der Waals surface area contributed by atoms with Gasteiger partial charge in [0.25, 0.3) is 6.43 Å². The van der Waals surface area contributed by atoms with Crippen LogP contribution in [0.2, 0.25) is 0 Å². The fourth-order valence-corrected chi connectivity index (χ4v) is 2.33. The number of hydrogen-bond donors (Lipinski definition) is 0. The van der Waals surface area contributed by atoms with Gasteiger partial charge in [0, 0.05) is 6.20 Å². The predicted octanol–water partition coefficient (Wildman–Crippen LogP) is 4.30. The van der Waals surface area contributed by atoms with Crippen molar-refractivity contribution in [3.05, 3.63) is 45.8 Å². The molecule has 0 aliphatic carbocycles. The Bertz CT molecular complexity index is 560. The minimum Gasteiger partial charge on any atom is -0.496 e. The first-order chi connectivity index (χ1) is 8.61. The lowest BCUT2D eigenvalue weighted by Crippen LogP contribution is -1.91. The zero-order valence-corrected chi connectivity index (χ0v) is 11.7. The van der Waals surface area contributed by atoms with E-state index >= 15 is 0 Å². The second-order valence-corrected chi connectivity index (χ2v) is 4.78. The second kappa shape index (κ2) is 5.60. The average Bonchev–Trinajstić information content (AvgIpc) is 2.38. The second-order valence-electron chi connectivity index (χ2n) is 3.62. The molecule has 0 fully saturated rings. The predicted molar refractivity (Wildman–Crippen MR) is 73.9 cm³/mol. The highest BCUT2D eigenvalue weighted by Gasteiger charge is 2.10. The van der Waals surface area contributed by atoms with Crippen LogP contribution in [-0.2, 0) is 0 Å². The fourth-order valence-electron chi connectivity index (χ4n) is 1.59. The molecule has 0 radical (unpaired) electrons. The van der Waals surface area contributed by atoms with Crippen LogP contribution in [-0.4, -0.2) is 12.1 Å². The highest BCUT2D eigenvalue weighted by atomic mass is 127. The Kier molecular flexibility index (Phi) is 4.11. The maximum absolute atomic E-state index is 12.6. The van der Waals surface area contributed by atoms with Gasteiger partial charge in [0.15, 0.2) is 0 Å². The van der Waals surface area contributed by atoms with E-state index in [1.165, 1.54) is 12.3 Å². The first-order valence-electron chi connectivity index (χ1n) is 5.20. The van der Waals surface area contributed by atoms with E-state index < -0.39 is 6.43 Å². The summed E-state index contributed by atoms with van der Waals surface area (Å²) in [6.45, 7) is 0. The third-order valence-electron chi connectivity index (χ3n) is 2.49. The van der Waals surface area contributed by atoms with Crippen molar-refractivity contribution in [2.45, 2.75) is 6.43 Å². The summed E-state index contributed by atoms with van der Waals surface area (Å²) >= 11 is 2.15. The van der Waals surface area contributed by atoms with Gasteiger partial charge in [-0.1, -0.05) is 6.07 Å². The molecule has 0 unspecified atom stereocenters. The Morgan fingerprint density at radius 2 is 1.89 bits per heavy atom.